The molecule has 148 valence electrons. The van der Waals surface area contributed by atoms with Crippen LogP contribution >= 0.6 is 0 Å². The molecule has 0 spiro atoms. The van der Waals surface area contributed by atoms with E-state index in [0.717, 1.165) is 11.1 Å². The van der Waals surface area contributed by atoms with E-state index in [9.17, 15) is 9.59 Å². The third-order valence-corrected chi connectivity index (χ3v) is 4.38. The number of benzene rings is 2. The normalized spacial score (nSPS) is 10.9. The molecular formula is C23H27NO4. The molecule has 0 aliphatic heterocycles. The van der Waals surface area contributed by atoms with Crippen molar-refractivity contribution in [2.45, 2.75) is 26.3 Å². The van der Waals surface area contributed by atoms with Crippen molar-refractivity contribution in [1.82, 2.24) is 4.90 Å². The summed E-state index contributed by atoms with van der Waals surface area (Å²) < 4.78 is 10.3. The van der Waals surface area contributed by atoms with Crippen molar-refractivity contribution < 1.29 is 19.1 Å². The van der Waals surface area contributed by atoms with Crippen molar-refractivity contribution in [3.63, 3.8) is 0 Å². The first-order valence-electron chi connectivity index (χ1n) is 9.21. The molecule has 0 aliphatic rings. The Morgan fingerprint density at radius 1 is 1.07 bits per heavy atom. The maximum absolute atomic E-state index is 12.2. The lowest BCUT2D eigenvalue weighted by atomic mass is 10.0. The standard InChI is InChI=1S/C23H27NO4/c1-17(2)19-12-9-18(10-13-19)11-14-23(26)28-16-22(25)24(3)15-20-7-5-6-8-21(20)27-4/h5-14,17H,15-16H2,1-4H3/b14-11+. The largest absolute Gasteiger partial charge is 0.496 e. The van der Waals surface area contributed by atoms with Gasteiger partial charge < -0.3 is 14.4 Å². The minimum Gasteiger partial charge on any atom is -0.496 e. The van der Waals surface area contributed by atoms with E-state index in [2.05, 4.69) is 13.8 Å². The molecule has 5 nitrogen and oxygen atoms in total. The van der Waals surface area contributed by atoms with Crippen LogP contribution in [0.4, 0.5) is 0 Å². The molecule has 0 unspecified atom stereocenters. The third kappa shape index (κ3) is 6.27. The van der Waals surface area contributed by atoms with Crippen LogP contribution in [0, 0.1) is 0 Å². The summed E-state index contributed by atoms with van der Waals surface area (Å²) in [5.41, 5.74) is 3.03. The Balaban J connectivity index is 1.83. The van der Waals surface area contributed by atoms with Crippen LogP contribution in [0.1, 0.15) is 36.5 Å². The molecule has 0 heterocycles. The minimum absolute atomic E-state index is 0.283. The Morgan fingerprint density at radius 2 is 1.75 bits per heavy atom. The number of hydrogen-bond donors (Lipinski definition) is 0. The first kappa shape index (κ1) is 21.2. The van der Waals surface area contributed by atoms with Crippen LogP contribution in [-0.2, 0) is 20.9 Å². The lowest BCUT2D eigenvalue weighted by Crippen LogP contribution is -2.30. The van der Waals surface area contributed by atoms with E-state index < -0.39 is 5.97 Å². The van der Waals surface area contributed by atoms with E-state index in [4.69, 9.17) is 9.47 Å². The Bertz CT molecular complexity index is 825. The Labute approximate surface area is 166 Å². The molecule has 0 radical (unpaired) electrons. The van der Waals surface area contributed by atoms with E-state index in [1.54, 1.807) is 20.2 Å². The van der Waals surface area contributed by atoms with Gasteiger partial charge in [-0.3, -0.25) is 4.79 Å². The van der Waals surface area contributed by atoms with Crippen molar-refractivity contribution in [2.24, 2.45) is 0 Å². The van der Waals surface area contributed by atoms with Crippen LogP contribution in [0.25, 0.3) is 6.08 Å². The fourth-order valence-corrected chi connectivity index (χ4v) is 2.62. The number of ether oxygens (including phenoxy) is 2. The first-order chi connectivity index (χ1) is 13.4. The monoisotopic (exact) mass is 381 g/mol. The number of methoxy groups -OCH3 is 1. The quantitative estimate of drug-likeness (QED) is 0.512. The van der Waals surface area contributed by atoms with Gasteiger partial charge >= 0.3 is 5.97 Å². The van der Waals surface area contributed by atoms with E-state index in [1.165, 1.54) is 16.5 Å². The smallest absolute Gasteiger partial charge is 0.331 e. The van der Waals surface area contributed by atoms with E-state index in [-0.39, 0.29) is 12.5 Å². The molecule has 2 aromatic carbocycles. The van der Waals surface area contributed by atoms with Gasteiger partial charge in [0.1, 0.15) is 5.75 Å². The highest BCUT2D eigenvalue weighted by atomic mass is 16.5. The summed E-state index contributed by atoms with van der Waals surface area (Å²) in [6, 6.07) is 15.5. The van der Waals surface area contributed by atoms with Crippen LogP contribution < -0.4 is 4.74 Å². The molecule has 2 aromatic rings. The molecule has 0 saturated heterocycles. The molecule has 5 heteroatoms. The maximum Gasteiger partial charge on any atom is 0.331 e. The van der Waals surface area contributed by atoms with Gasteiger partial charge in [0, 0.05) is 25.2 Å². The van der Waals surface area contributed by atoms with Crippen LogP contribution in [0.15, 0.2) is 54.6 Å². The highest BCUT2D eigenvalue weighted by molar-refractivity contribution is 5.89. The summed E-state index contributed by atoms with van der Waals surface area (Å²) in [7, 11) is 3.25. The summed E-state index contributed by atoms with van der Waals surface area (Å²) in [4.78, 5) is 25.6. The summed E-state index contributed by atoms with van der Waals surface area (Å²) in [5, 5.41) is 0. The predicted molar refractivity (Wildman–Crippen MR) is 110 cm³/mol. The average Bonchev–Trinajstić information content (AvgIpc) is 2.71. The number of para-hydroxylation sites is 1. The van der Waals surface area contributed by atoms with Gasteiger partial charge in [0.2, 0.25) is 0 Å². The van der Waals surface area contributed by atoms with Gasteiger partial charge in [0.15, 0.2) is 6.61 Å². The number of hydrogen-bond acceptors (Lipinski definition) is 4. The molecule has 0 aliphatic carbocycles. The first-order valence-corrected chi connectivity index (χ1v) is 9.21. The van der Waals surface area contributed by atoms with E-state index >= 15 is 0 Å². The fraction of sp³-hybridized carbons (Fsp3) is 0.304. The molecular weight excluding hydrogens is 354 g/mol. The van der Waals surface area contributed by atoms with Gasteiger partial charge in [0.25, 0.3) is 5.91 Å². The zero-order chi connectivity index (χ0) is 20.5. The minimum atomic E-state index is -0.549. The molecule has 0 saturated carbocycles. The predicted octanol–water partition coefficient (Wildman–Crippen LogP) is 4.03. The van der Waals surface area contributed by atoms with E-state index in [1.807, 2.05) is 48.5 Å². The van der Waals surface area contributed by atoms with Gasteiger partial charge in [-0.1, -0.05) is 56.3 Å². The lowest BCUT2D eigenvalue weighted by Gasteiger charge is -2.18. The van der Waals surface area contributed by atoms with Gasteiger partial charge in [-0.15, -0.1) is 0 Å². The molecule has 1 amide bonds. The number of carbonyl (C=O) groups excluding carboxylic acids is 2. The van der Waals surface area contributed by atoms with Crippen LogP contribution in [0.2, 0.25) is 0 Å². The second-order valence-electron chi connectivity index (χ2n) is 6.82. The van der Waals surface area contributed by atoms with Crippen molar-refractivity contribution in [2.75, 3.05) is 20.8 Å². The maximum atomic E-state index is 12.2. The molecule has 28 heavy (non-hydrogen) atoms. The SMILES string of the molecule is COc1ccccc1CN(C)C(=O)COC(=O)/C=C/c1ccc(C(C)C)cc1. The topological polar surface area (TPSA) is 55.8 Å². The third-order valence-electron chi connectivity index (χ3n) is 4.38. The van der Waals surface area contributed by atoms with Gasteiger partial charge in [-0.2, -0.15) is 0 Å². The fourth-order valence-electron chi connectivity index (χ4n) is 2.62. The molecule has 0 fully saturated rings. The van der Waals surface area contributed by atoms with E-state index in [0.29, 0.717) is 18.2 Å². The Kier molecular flexibility index (Phi) is 7.81. The zero-order valence-electron chi connectivity index (χ0n) is 16.8. The van der Waals surface area contributed by atoms with Crippen molar-refractivity contribution in [3.8, 4) is 5.75 Å². The number of amides is 1. The molecule has 2 rings (SSSR count). The molecule has 0 aromatic heterocycles. The van der Waals surface area contributed by atoms with Crippen LogP contribution in [0.3, 0.4) is 0 Å². The average molecular weight is 381 g/mol. The van der Waals surface area contributed by atoms with Crippen molar-refractivity contribution >= 4 is 18.0 Å². The number of nitrogens with zero attached hydrogens (tertiary/aromatic N) is 1. The lowest BCUT2D eigenvalue weighted by molar-refractivity contribution is -0.147. The Morgan fingerprint density at radius 3 is 2.39 bits per heavy atom. The van der Waals surface area contributed by atoms with Crippen LogP contribution in [0.5, 0.6) is 5.75 Å². The second kappa shape index (κ2) is 10.3. The summed E-state index contributed by atoms with van der Waals surface area (Å²) in [5.74, 6) is 0.341. The van der Waals surface area contributed by atoms with Crippen molar-refractivity contribution in [1.29, 1.82) is 0 Å². The summed E-state index contributed by atoms with van der Waals surface area (Å²) >= 11 is 0. The summed E-state index contributed by atoms with van der Waals surface area (Å²) in [6.45, 7) is 4.33. The second-order valence-corrected chi connectivity index (χ2v) is 6.82. The number of esters is 1. The van der Waals surface area contributed by atoms with Gasteiger partial charge in [-0.05, 0) is 29.2 Å². The van der Waals surface area contributed by atoms with Gasteiger partial charge in [0.05, 0.1) is 7.11 Å². The van der Waals surface area contributed by atoms with Crippen LogP contribution in [-0.4, -0.2) is 37.5 Å². The molecule has 0 bridgehead atoms. The van der Waals surface area contributed by atoms with Gasteiger partial charge in [-0.25, -0.2) is 4.79 Å². The number of likely N-dealkylation sites (N-methyl/N-ethyl adjacent to an activating group) is 1. The summed E-state index contributed by atoms with van der Waals surface area (Å²) in [6.07, 6.45) is 3.01. The Hall–Kier alpha value is -3.08. The zero-order valence-corrected chi connectivity index (χ0v) is 16.8. The highest BCUT2D eigenvalue weighted by Gasteiger charge is 2.13. The number of rotatable bonds is 8. The molecule has 0 atom stereocenters. The van der Waals surface area contributed by atoms with Crippen molar-refractivity contribution in [3.05, 3.63) is 71.3 Å². The molecule has 0 N–H and O–H groups in total. The highest BCUT2D eigenvalue weighted by Crippen LogP contribution is 2.19. The number of carbonyl (C=O) groups is 2.